The summed E-state index contributed by atoms with van der Waals surface area (Å²) in [5.41, 5.74) is 0. The molecule has 0 aromatic rings. The third-order valence-electron chi connectivity index (χ3n) is 3.41. The first-order chi connectivity index (χ1) is 9.41. The minimum atomic E-state index is -1.17. The zero-order valence-electron chi connectivity index (χ0n) is 11.1. The van der Waals surface area contributed by atoms with Gasteiger partial charge >= 0.3 is 11.9 Å². The molecule has 110 valence electrons. The molecule has 0 aliphatic carbocycles. The van der Waals surface area contributed by atoms with Crippen molar-refractivity contribution >= 4 is 23.8 Å². The van der Waals surface area contributed by atoms with Gasteiger partial charge in [0.2, 0.25) is 5.91 Å². The van der Waals surface area contributed by atoms with Crippen molar-refractivity contribution in [2.45, 2.75) is 44.8 Å². The number of amides is 2. The van der Waals surface area contributed by atoms with E-state index in [0.717, 1.165) is 5.01 Å². The average Bonchev–Trinajstić information content (AvgIpc) is 2.50. The molecule has 2 fully saturated rings. The van der Waals surface area contributed by atoms with Crippen molar-refractivity contribution in [1.29, 1.82) is 0 Å². The van der Waals surface area contributed by atoms with Gasteiger partial charge in [0.25, 0.3) is 5.91 Å². The fraction of sp³-hybridized carbons (Fsp3) is 0.667. The van der Waals surface area contributed by atoms with Gasteiger partial charge in [-0.25, -0.2) is 9.80 Å². The largest absolute Gasteiger partial charge is 0.480 e. The van der Waals surface area contributed by atoms with E-state index in [-0.39, 0.29) is 25.2 Å². The summed E-state index contributed by atoms with van der Waals surface area (Å²) in [6.07, 6.45) is -0.174. The SMILES string of the molecule is CC(=O)O[C@H]1CCC(=O)N2CCC[C@@H](C(=O)O)N2C1=O. The Kier molecular flexibility index (Phi) is 3.91. The summed E-state index contributed by atoms with van der Waals surface area (Å²) < 4.78 is 4.91. The Morgan fingerprint density at radius 2 is 2.00 bits per heavy atom. The molecule has 20 heavy (non-hydrogen) atoms. The first-order valence-corrected chi connectivity index (χ1v) is 6.45. The molecule has 2 heterocycles. The van der Waals surface area contributed by atoms with Crippen LogP contribution in [0.15, 0.2) is 0 Å². The van der Waals surface area contributed by atoms with Gasteiger partial charge in [-0.05, 0) is 12.8 Å². The van der Waals surface area contributed by atoms with Crippen molar-refractivity contribution < 1.29 is 29.0 Å². The summed E-state index contributed by atoms with van der Waals surface area (Å²) in [5.74, 6) is -2.76. The molecule has 2 saturated heterocycles. The van der Waals surface area contributed by atoms with Crippen LogP contribution in [-0.4, -0.2) is 57.6 Å². The highest BCUT2D eigenvalue weighted by Crippen LogP contribution is 2.25. The van der Waals surface area contributed by atoms with Gasteiger partial charge in [0.15, 0.2) is 12.1 Å². The van der Waals surface area contributed by atoms with E-state index in [2.05, 4.69) is 0 Å². The minimum Gasteiger partial charge on any atom is -0.480 e. The number of rotatable bonds is 2. The Balaban J connectivity index is 2.31. The van der Waals surface area contributed by atoms with E-state index in [4.69, 9.17) is 4.74 Å². The third-order valence-corrected chi connectivity index (χ3v) is 3.41. The highest BCUT2D eigenvalue weighted by atomic mass is 16.5. The maximum Gasteiger partial charge on any atom is 0.328 e. The van der Waals surface area contributed by atoms with Crippen molar-refractivity contribution in [2.24, 2.45) is 0 Å². The van der Waals surface area contributed by atoms with Crippen LogP contribution in [0.25, 0.3) is 0 Å². The number of carboxylic acids is 1. The second-order valence-corrected chi connectivity index (χ2v) is 4.83. The summed E-state index contributed by atoms with van der Waals surface area (Å²) in [6, 6.07) is -1.09. The lowest BCUT2D eigenvalue weighted by atomic mass is 10.1. The van der Waals surface area contributed by atoms with Crippen LogP contribution in [0.1, 0.15) is 32.6 Å². The Morgan fingerprint density at radius 1 is 1.30 bits per heavy atom. The van der Waals surface area contributed by atoms with E-state index in [9.17, 15) is 24.3 Å². The van der Waals surface area contributed by atoms with Crippen LogP contribution in [0, 0.1) is 0 Å². The second-order valence-electron chi connectivity index (χ2n) is 4.83. The second kappa shape index (κ2) is 5.48. The minimum absolute atomic E-state index is 0.0481. The van der Waals surface area contributed by atoms with Crippen LogP contribution in [-0.2, 0) is 23.9 Å². The molecular formula is C12H16N2O6. The van der Waals surface area contributed by atoms with E-state index in [1.54, 1.807) is 0 Å². The van der Waals surface area contributed by atoms with E-state index < -0.39 is 30.0 Å². The van der Waals surface area contributed by atoms with Crippen molar-refractivity contribution in [1.82, 2.24) is 10.0 Å². The number of esters is 1. The molecular weight excluding hydrogens is 268 g/mol. The third kappa shape index (κ3) is 2.59. The summed E-state index contributed by atoms with van der Waals surface area (Å²) >= 11 is 0. The Hall–Kier alpha value is -2.12. The monoisotopic (exact) mass is 284 g/mol. The van der Waals surface area contributed by atoms with Gasteiger partial charge in [0, 0.05) is 26.3 Å². The van der Waals surface area contributed by atoms with Gasteiger partial charge in [-0.2, -0.15) is 0 Å². The molecule has 2 aliphatic rings. The van der Waals surface area contributed by atoms with Crippen LogP contribution in [0.3, 0.4) is 0 Å². The van der Waals surface area contributed by atoms with Gasteiger partial charge in [-0.1, -0.05) is 0 Å². The number of aliphatic carboxylic acids is 1. The van der Waals surface area contributed by atoms with Crippen LogP contribution in [0.4, 0.5) is 0 Å². The number of nitrogens with zero attached hydrogens (tertiary/aromatic N) is 2. The molecule has 8 nitrogen and oxygen atoms in total. The smallest absolute Gasteiger partial charge is 0.328 e. The molecule has 2 rings (SSSR count). The molecule has 8 heteroatoms. The Morgan fingerprint density at radius 3 is 2.60 bits per heavy atom. The van der Waals surface area contributed by atoms with Gasteiger partial charge in [-0.3, -0.25) is 19.4 Å². The van der Waals surface area contributed by atoms with Crippen molar-refractivity contribution in [3.8, 4) is 0 Å². The maximum absolute atomic E-state index is 12.4. The van der Waals surface area contributed by atoms with Gasteiger partial charge in [0.1, 0.15) is 0 Å². The number of carbonyl (C=O) groups is 4. The first-order valence-electron chi connectivity index (χ1n) is 6.45. The lowest BCUT2D eigenvalue weighted by Crippen LogP contribution is -2.60. The molecule has 1 N–H and O–H groups in total. The normalized spacial score (nSPS) is 26.9. The molecule has 2 aliphatic heterocycles. The molecule has 2 atom stereocenters. The quantitative estimate of drug-likeness (QED) is 0.687. The van der Waals surface area contributed by atoms with E-state index in [1.807, 2.05) is 0 Å². The van der Waals surface area contributed by atoms with Crippen LogP contribution in [0.5, 0.6) is 0 Å². The number of hydrazine groups is 1. The molecule has 0 radical (unpaired) electrons. The van der Waals surface area contributed by atoms with Crippen molar-refractivity contribution in [3.63, 3.8) is 0 Å². The first kappa shape index (κ1) is 14.3. The van der Waals surface area contributed by atoms with Crippen LogP contribution >= 0.6 is 0 Å². The molecule has 0 spiro atoms. The van der Waals surface area contributed by atoms with E-state index >= 15 is 0 Å². The zero-order valence-corrected chi connectivity index (χ0v) is 11.1. The zero-order chi connectivity index (χ0) is 14.9. The molecule has 0 saturated carbocycles. The maximum atomic E-state index is 12.4. The van der Waals surface area contributed by atoms with E-state index in [0.29, 0.717) is 13.0 Å². The fourth-order valence-corrected chi connectivity index (χ4v) is 2.54. The summed E-state index contributed by atoms with van der Waals surface area (Å²) in [5, 5.41) is 11.3. The van der Waals surface area contributed by atoms with Crippen LogP contribution in [0.2, 0.25) is 0 Å². The fourth-order valence-electron chi connectivity index (χ4n) is 2.54. The number of carboxylic acid groups (broad SMARTS) is 1. The summed E-state index contributed by atoms with van der Waals surface area (Å²) in [7, 11) is 0. The number of carbonyl (C=O) groups excluding carboxylic acids is 3. The standard InChI is InChI=1S/C12H16N2O6/c1-7(15)20-9-4-5-10(16)13-6-2-3-8(12(18)19)14(13)11(9)17/h8-9H,2-6H2,1H3,(H,18,19)/t8-,9-/m0/s1. The number of ether oxygens (including phenoxy) is 1. The Labute approximate surface area is 115 Å². The number of hydrogen-bond acceptors (Lipinski definition) is 5. The highest BCUT2D eigenvalue weighted by Gasteiger charge is 2.45. The molecule has 0 bridgehead atoms. The van der Waals surface area contributed by atoms with Gasteiger partial charge in [0.05, 0.1) is 0 Å². The number of hydrogen-bond donors (Lipinski definition) is 1. The molecule has 0 unspecified atom stereocenters. The predicted octanol–water partition coefficient (Wildman–Crippen LogP) is -0.469. The Bertz CT molecular complexity index is 463. The lowest BCUT2D eigenvalue weighted by molar-refractivity contribution is -0.185. The molecule has 2 amide bonds. The van der Waals surface area contributed by atoms with E-state index in [1.165, 1.54) is 11.9 Å². The van der Waals surface area contributed by atoms with Crippen molar-refractivity contribution in [2.75, 3.05) is 6.54 Å². The van der Waals surface area contributed by atoms with Crippen LogP contribution < -0.4 is 0 Å². The highest BCUT2D eigenvalue weighted by molar-refractivity contribution is 5.92. The predicted molar refractivity (Wildman–Crippen MR) is 64.0 cm³/mol. The summed E-state index contributed by atoms with van der Waals surface area (Å²) in [4.78, 5) is 46.6. The lowest BCUT2D eigenvalue weighted by Gasteiger charge is -2.41. The molecule has 0 aromatic carbocycles. The topological polar surface area (TPSA) is 104 Å². The summed E-state index contributed by atoms with van der Waals surface area (Å²) in [6.45, 7) is 1.48. The molecule has 0 aromatic heterocycles. The van der Waals surface area contributed by atoms with Crippen molar-refractivity contribution in [3.05, 3.63) is 0 Å². The van der Waals surface area contributed by atoms with Gasteiger partial charge in [-0.15, -0.1) is 0 Å². The number of fused-ring (bicyclic) bond motifs is 1. The average molecular weight is 284 g/mol. The van der Waals surface area contributed by atoms with Gasteiger partial charge < -0.3 is 9.84 Å².